The van der Waals surface area contributed by atoms with E-state index in [1.807, 2.05) is 57.2 Å². The number of benzene rings is 1. The quantitative estimate of drug-likeness (QED) is 0.366. The minimum Gasteiger partial charge on any atom is -0.457 e. The molecule has 1 amide bonds. The summed E-state index contributed by atoms with van der Waals surface area (Å²) in [6, 6.07) is 9.39. The highest BCUT2D eigenvalue weighted by Gasteiger charge is 2.68. The summed E-state index contributed by atoms with van der Waals surface area (Å²) in [5.41, 5.74) is -1.61. The summed E-state index contributed by atoms with van der Waals surface area (Å²) in [6.45, 7) is 8.94. The van der Waals surface area contributed by atoms with Gasteiger partial charge in [0, 0.05) is 18.9 Å². The number of rotatable bonds is 3. The molecule has 1 spiro atoms. The first-order valence-corrected chi connectivity index (χ1v) is 13.4. The molecule has 0 unspecified atom stereocenters. The fourth-order valence-electron chi connectivity index (χ4n) is 7.01. The highest BCUT2D eigenvalue weighted by Crippen LogP contribution is 2.58. The van der Waals surface area contributed by atoms with Crippen molar-refractivity contribution >= 4 is 11.9 Å². The molecule has 0 radical (unpaired) electrons. The van der Waals surface area contributed by atoms with Crippen molar-refractivity contribution < 1.29 is 29.6 Å². The zero-order valence-corrected chi connectivity index (χ0v) is 22.4. The van der Waals surface area contributed by atoms with Crippen LogP contribution in [0.4, 0.5) is 0 Å². The Hall–Kier alpha value is -2.48. The zero-order chi connectivity index (χ0) is 27.1. The van der Waals surface area contributed by atoms with Crippen molar-refractivity contribution in [2.75, 3.05) is 0 Å². The fourth-order valence-corrected chi connectivity index (χ4v) is 7.01. The van der Waals surface area contributed by atoms with E-state index in [0.717, 1.165) is 12.0 Å². The molecule has 0 bridgehead atoms. The summed E-state index contributed by atoms with van der Waals surface area (Å²) in [5, 5.41) is 37.5. The van der Waals surface area contributed by atoms with Crippen molar-refractivity contribution in [2.24, 2.45) is 29.1 Å². The number of esters is 1. The molecule has 2 aliphatic carbocycles. The lowest BCUT2D eigenvalue weighted by Crippen LogP contribution is -2.60. The first-order valence-electron chi connectivity index (χ1n) is 13.4. The van der Waals surface area contributed by atoms with Crippen LogP contribution in [-0.2, 0) is 20.7 Å². The molecule has 0 aromatic heterocycles. The predicted octanol–water partition coefficient (Wildman–Crippen LogP) is 2.93. The van der Waals surface area contributed by atoms with E-state index in [0.29, 0.717) is 12.8 Å². The van der Waals surface area contributed by atoms with Crippen LogP contribution in [0.3, 0.4) is 0 Å². The number of carbonyl (C=O) groups is 2. The average molecular weight is 512 g/mol. The number of carbonyl (C=O) groups excluding carboxylic acids is 2. The Kier molecular flexibility index (Phi) is 7.71. The van der Waals surface area contributed by atoms with E-state index in [1.54, 1.807) is 13.0 Å². The Balaban J connectivity index is 1.96. The Morgan fingerprint density at radius 3 is 2.43 bits per heavy atom. The molecule has 4 rings (SSSR count). The second-order valence-corrected chi connectivity index (χ2v) is 11.8. The van der Waals surface area contributed by atoms with E-state index in [9.17, 15) is 24.9 Å². The van der Waals surface area contributed by atoms with Gasteiger partial charge in [0.1, 0.15) is 17.6 Å². The second-order valence-electron chi connectivity index (χ2n) is 11.8. The van der Waals surface area contributed by atoms with Gasteiger partial charge >= 0.3 is 5.97 Å². The largest absolute Gasteiger partial charge is 0.457 e. The third-order valence-corrected chi connectivity index (χ3v) is 8.79. The maximum absolute atomic E-state index is 14.2. The third-order valence-electron chi connectivity index (χ3n) is 8.79. The fraction of sp³-hybridized carbons (Fsp3) is 0.600. The first-order chi connectivity index (χ1) is 17.4. The average Bonchev–Trinajstić information content (AvgIpc) is 3.10. The molecular formula is C30H41NO6. The minimum atomic E-state index is -1.49. The van der Waals surface area contributed by atoms with E-state index in [1.165, 1.54) is 13.0 Å². The molecule has 1 fully saturated rings. The Bertz CT molecular complexity index is 1070. The highest BCUT2D eigenvalue weighted by atomic mass is 16.5. The maximum Gasteiger partial charge on any atom is 0.303 e. The molecule has 202 valence electrons. The zero-order valence-electron chi connectivity index (χ0n) is 22.4. The number of hydrogen-bond donors (Lipinski definition) is 4. The van der Waals surface area contributed by atoms with Crippen molar-refractivity contribution in [3.05, 3.63) is 59.7 Å². The van der Waals surface area contributed by atoms with Gasteiger partial charge in [0.2, 0.25) is 5.91 Å². The van der Waals surface area contributed by atoms with Gasteiger partial charge in [-0.15, -0.1) is 0 Å². The van der Waals surface area contributed by atoms with Crippen LogP contribution in [0.15, 0.2) is 54.1 Å². The number of hydrogen-bond acceptors (Lipinski definition) is 6. The van der Waals surface area contributed by atoms with Crippen molar-refractivity contribution in [1.29, 1.82) is 0 Å². The van der Waals surface area contributed by atoms with Crippen molar-refractivity contribution in [3.8, 4) is 0 Å². The summed E-state index contributed by atoms with van der Waals surface area (Å²) in [4.78, 5) is 26.6. The van der Waals surface area contributed by atoms with Crippen LogP contribution in [0.5, 0.6) is 0 Å². The van der Waals surface area contributed by atoms with E-state index < -0.39 is 53.2 Å². The molecule has 1 saturated heterocycles. The Morgan fingerprint density at radius 2 is 1.78 bits per heavy atom. The number of aliphatic hydroxyl groups is 3. The molecule has 0 saturated carbocycles. The smallest absolute Gasteiger partial charge is 0.303 e. The van der Waals surface area contributed by atoms with Crippen LogP contribution in [0, 0.1) is 29.1 Å². The van der Waals surface area contributed by atoms with Gasteiger partial charge in [-0.05, 0) is 61.2 Å². The Morgan fingerprint density at radius 1 is 1.11 bits per heavy atom. The number of aliphatic hydroxyl groups excluding tert-OH is 2. The molecule has 1 heterocycles. The van der Waals surface area contributed by atoms with Gasteiger partial charge in [-0.1, -0.05) is 63.3 Å². The SMILES string of the molecule is CC(=O)O[C@@H]1C=C[C@@H](C)C[C@H](C)C[C@H](O)[C@H](O)C2=C[C@](C)(O)[C@@H](C)[C@H]3[C@H](Cc4ccccc4)NC(=O)[C@@]231. The van der Waals surface area contributed by atoms with Crippen molar-refractivity contribution in [2.45, 2.75) is 83.8 Å². The molecular weight excluding hydrogens is 470 g/mol. The summed E-state index contributed by atoms with van der Waals surface area (Å²) < 4.78 is 5.88. The van der Waals surface area contributed by atoms with E-state index in [2.05, 4.69) is 5.32 Å². The molecule has 4 N–H and O–H groups in total. The van der Waals surface area contributed by atoms with Gasteiger partial charge in [0.05, 0.1) is 11.7 Å². The molecule has 7 heteroatoms. The van der Waals surface area contributed by atoms with Crippen LogP contribution in [0.25, 0.3) is 0 Å². The topological polar surface area (TPSA) is 116 Å². The van der Waals surface area contributed by atoms with Gasteiger partial charge in [-0.25, -0.2) is 0 Å². The van der Waals surface area contributed by atoms with Crippen LogP contribution in [-0.4, -0.2) is 57.2 Å². The van der Waals surface area contributed by atoms with E-state index in [4.69, 9.17) is 4.74 Å². The maximum atomic E-state index is 14.2. The molecule has 1 aliphatic heterocycles. The number of nitrogens with one attached hydrogen (secondary N) is 1. The van der Waals surface area contributed by atoms with Crippen LogP contribution >= 0.6 is 0 Å². The molecule has 37 heavy (non-hydrogen) atoms. The number of amides is 1. The lowest BCUT2D eigenvalue weighted by Gasteiger charge is -2.51. The lowest BCUT2D eigenvalue weighted by atomic mass is 9.53. The van der Waals surface area contributed by atoms with Crippen molar-refractivity contribution in [3.63, 3.8) is 0 Å². The van der Waals surface area contributed by atoms with Gasteiger partial charge in [-0.2, -0.15) is 0 Å². The summed E-state index contributed by atoms with van der Waals surface area (Å²) in [6.07, 6.45) is 3.31. The highest BCUT2D eigenvalue weighted by molar-refractivity contribution is 5.91. The normalized spacial score (nSPS) is 42.1. The van der Waals surface area contributed by atoms with Gasteiger partial charge < -0.3 is 25.4 Å². The molecule has 3 aliphatic rings. The van der Waals surface area contributed by atoms with E-state index in [-0.39, 0.29) is 23.3 Å². The van der Waals surface area contributed by atoms with Gasteiger partial charge in [0.15, 0.2) is 0 Å². The second kappa shape index (κ2) is 10.4. The molecule has 1 aromatic carbocycles. The lowest BCUT2D eigenvalue weighted by molar-refractivity contribution is -0.158. The summed E-state index contributed by atoms with van der Waals surface area (Å²) in [5.74, 6) is -1.66. The summed E-state index contributed by atoms with van der Waals surface area (Å²) >= 11 is 0. The molecule has 1 aromatic rings. The molecule has 7 nitrogen and oxygen atoms in total. The van der Waals surface area contributed by atoms with Crippen LogP contribution < -0.4 is 5.32 Å². The van der Waals surface area contributed by atoms with Crippen molar-refractivity contribution in [1.82, 2.24) is 5.32 Å². The van der Waals surface area contributed by atoms with Crippen LogP contribution in [0.1, 0.15) is 53.0 Å². The monoisotopic (exact) mass is 511 g/mol. The van der Waals surface area contributed by atoms with E-state index >= 15 is 0 Å². The molecule has 10 atom stereocenters. The van der Waals surface area contributed by atoms with Gasteiger partial charge in [0.25, 0.3) is 0 Å². The predicted molar refractivity (Wildman–Crippen MR) is 140 cm³/mol. The number of ether oxygens (including phenoxy) is 1. The number of allylic oxidation sites excluding steroid dienone is 1. The standard InChI is InChI=1S/C30H41NO6/c1-17-11-12-25(37-20(4)32)30-22(27(34)24(33)14-18(2)13-17)16-29(5,36)19(3)26(30)23(31-28(30)35)15-21-9-7-6-8-10-21/h6-12,16-19,23-27,33-34,36H,13-15H2,1-5H3,(H,31,35)/t17-,18+,19+,23+,24+,25-,26+,27-,29+,30-/m1/s1. The first kappa shape index (κ1) is 27.6. The van der Waals surface area contributed by atoms with Gasteiger partial charge in [-0.3, -0.25) is 9.59 Å². The third kappa shape index (κ3) is 5.01. The Labute approximate surface area is 219 Å². The van der Waals surface area contributed by atoms with Crippen LogP contribution in [0.2, 0.25) is 0 Å². The summed E-state index contributed by atoms with van der Waals surface area (Å²) in [7, 11) is 0. The minimum absolute atomic E-state index is 0.103.